The SMILES string of the molecule is CC(C(=O)O)n1c(-c2ccccc2)cc2cc(NC(=O)NCc3ccncc3)ccc21. The first-order valence-corrected chi connectivity index (χ1v) is 9.90. The van der Waals surface area contributed by atoms with E-state index in [1.165, 1.54) is 0 Å². The van der Waals surface area contributed by atoms with Gasteiger partial charge in [0.25, 0.3) is 0 Å². The second-order valence-electron chi connectivity index (χ2n) is 7.22. The molecule has 0 spiro atoms. The van der Waals surface area contributed by atoms with E-state index in [0.29, 0.717) is 12.2 Å². The van der Waals surface area contributed by atoms with Crippen molar-refractivity contribution in [1.82, 2.24) is 14.9 Å². The maximum atomic E-state index is 12.3. The van der Waals surface area contributed by atoms with Crippen LogP contribution in [0.25, 0.3) is 22.2 Å². The molecular weight excluding hydrogens is 392 g/mol. The molecule has 156 valence electrons. The van der Waals surface area contributed by atoms with Crippen molar-refractivity contribution in [3.63, 3.8) is 0 Å². The number of fused-ring (bicyclic) bond motifs is 1. The lowest BCUT2D eigenvalue weighted by molar-refractivity contribution is -0.140. The molecule has 4 aromatic rings. The van der Waals surface area contributed by atoms with Crippen LogP contribution >= 0.6 is 0 Å². The molecule has 3 N–H and O–H groups in total. The number of nitrogens with one attached hydrogen (secondary N) is 2. The van der Waals surface area contributed by atoms with Crippen LogP contribution in [0.3, 0.4) is 0 Å². The van der Waals surface area contributed by atoms with E-state index in [1.807, 2.05) is 60.7 Å². The molecule has 1 atom stereocenters. The molecule has 4 rings (SSSR count). The van der Waals surface area contributed by atoms with Crippen molar-refractivity contribution in [2.75, 3.05) is 5.32 Å². The van der Waals surface area contributed by atoms with Gasteiger partial charge < -0.3 is 20.3 Å². The molecule has 2 aromatic carbocycles. The first-order valence-electron chi connectivity index (χ1n) is 9.90. The third kappa shape index (κ3) is 4.40. The van der Waals surface area contributed by atoms with Crippen molar-refractivity contribution in [1.29, 1.82) is 0 Å². The number of hydrogen-bond donors (Lipinski definition) is 3. The maximum Gasteiger partial charge on any atom is 0.326 e. The predicted molar refractivity (Wildman–Crippen MR) is 120 cm³/mol. The van der Waals surface area contributed by atoms with Gasteiger partial charge in [0.05, 0.1) is 0 Å². The summed E-state index contributed by atoms with van der Waals surface area (Å²) in [5.41, 5.74) is 4.10. The molecule has 0 aliphatic carbocycles. The number of carbonyl (C=O) groups excluding carboxylic acids is 1. The number of nitrogens with zero attached hydrogens (tertiary/aromatic N) is 2. The molecule has 2 amide bonds. The average Bonchev–Trinajstić information content (AvgIpc) is 3.17. The van der Waals surface area contributed by atoms with Gasteiger partial charge in [-0.3, -0.25) is 4.98 Å². The number of urea groups is 1. The largest absolute Gasteiger partial charge is 0.480 e. The fourth-order valence-electron chi connectivity index (χ4n) is 3.53. The van der Waals surface area contributed by atoms with Gasteiger partial charge in [-0.15, -0.1) is 0 Å². The summed E-state index contributed by atoms with van der Waals surface area (Å²) in [5, 5.41) is 16.1. The standard InChI is InChI=1S/C24H22N4O3/c1-16(23(29)30)28-21-8-7-20(27-24(31)26-15-17-9-11-25-12-10-17)13-19(21)14-22(28)18-5-3-2-4-6-18/h2-14,16H,15H2,1H3,(H,29,30)(H2,26,27,31). The Labute approximate surface area is 179 Å². The molecule has 0 radical (unpaired) electrons. The molecule has 7 heteroatoms. The summed E-state index contributed by atoms with van der Waals surface area (Å²) in [6, 6.07) is 19.7. The van der Waals surface area contributed by atoms with E-state index in [2.05, 4.69) is 15.6 Å². The van der Waals surface area contributed by atoms with Gasteiger partial charge in [-0.05, 0) is 54.4 Å². The van der Waals surface area contributed by atoms with Crippen molar-refractivity contribution >= 4 is 28.6 Å². The molecule has 7 nitrogen and oxygen atoms in total. The fourth-order valence-corrected chi connectivity index (χ4v) is 3.53. The summed E-state index contributed by atoms with van der Waals surface area (Å²) in [5.74, 6) is -0.910. The Hall–Kier alpha value is -4.13. The normalized spacial score (nSPS) is 11.8. The number of aliphatic carboxylic acids is 1. The van der Waals surface area contributed by atoms with Crippen LogP contribution in [0.1, 0.15) is 18.5 Å². The van der Waals surface area contributed by atoms with Gasteiger partial charge in [0, 0.05) is 41.2 Å². The Bertz CT molecular complexity index is 1220. The number of hydrogen-bond acceptors (Lipinski definition) is 3. The monoisotopic (exact) mass is 414 g/mol. The Kier molecular flexibility index (Phi) is 5.66. The van der Waals surface area contributed by atoms with Crippen LogP contribution < -0.4 is 10.6 Å². The number of carboxylic acid groups (broad SMARTS) is 1. The highest BCUT2D eigenvalue weighted by molar-refractivity contribution is 5.95. The van der Waals surface area contributed by atoms with E-state index in [4.69, 9.17) is 0 Å². The van der Waals surface area contributed by atoms with Gasteiger partial charge >= 0.3 is 12.0 Å². The highest BCUT2D eigenvalue weighted by atomic mass is 16.4. The van der Waals surface area contributed by atoms with E-state index in [1.54, 1.807) is 30.0 Å². The van der Waals surface area contributed by atoms with Crippen LogP contribution in [-0.4, -0.2) is 26.7 Å². The number of benzene rings is 2. The van der Waals surface area contributed by atoms with Crippen LogP contribution in [-0.2, 0) is 11.3 Å². The van der Waals surface area contributed by atoms with Gasteiger partial charge in [0.1, 0.15) is 6.04 Å². The topological polar surface area (TPSA) is 96.2 Å². The summed E-state index contributed by atoms with van der Waals surface area (Å²) in [4.78, 5) is 28.0. The maximum absolute atomic E-state index is 12.3. The second-order valence-corrected chi connectivity index (χ2v) is 7.22. The molecule has 0 aliphatic heterocycles. The minimum absolute atomic E-state index is 0.321. The first-order chi connectivity index (χ1) is 15.0. The zero-order valence-electron chi connectivity index (χ0n) is 16.9. The van der Waals surface area contributed by atoms with Crippen molar-refractivity contribution in [2.45, 2.75) is 19.5 Å². The molecule has 2 aromatic heterocycles. The first kappa shape index (κ1) is 20.2. The van der Waals surface area contributed by atoms with E-state index >= 15 is 0 Å². The van der Waals surface area contributed by atoms with E-state index in [9.17, 15) is 14.7 Å². The Balaban J connectivity index is 1.61. The molecule has 0 bridgehead atoms. The Morgan fingerprint density at radius 2 is 1.77 bits per heavy atom. The zero-order chi connectivity index (χ0) is 21.8. The lowest BCUT2D eigenvalue weighted by Gasteiger charge is -2.15. The molecule has 0 saturated carbocycles. The summed E-state index contributed by atoms with van der Waals surface area (Å²) in [6.45, 7) is 2.05. The van der Waals surface area contributed by atoms with Crippen LogP contribution in [0.5, 0.6) is 0 Å². The Morgan fingerprint density at radius 3 is 2.48 bits per heavy atom. The van der Waals surface area contributed by atoms with E-state index < -0.39 is 12.0 Å². The van der Waals surface area contributed by atoms with E-state index in [0.717, 1.165) is 27.7 Å². The third-order valence-corrected chi connectivity index (χ3v) is 5.11. The summed E-state index contributed by atoms with van der Waals surface area (Å²) in [7, 11) is 0. The minimum Gasteiger partial charge on any atom is -0.480 e. The number of carboxylic acids is 1. The molecular formula is C24H22N4O3. The summed E-state index contributed by atoms with van der Waals surface area (Å²) >= 11 is 0. The number of aromatic nitrogens is 2. The third-order valence-electron chi connectivity index (χ3n) is 5.11. The highest BCUT2D eigenvalue weighted by Gasteiger charge is 2.20. The van der Waals surface area contributed by atoms with Crippen LogP contribution in [0.2, 0.25) is 0 Å². The Morgan fingerprint density at radius 1 is 1.03 bits per heavy atom. The number of carbonyl (C=O) groups is 2. The van der Waals surface area contributed by atoms with Gasteiger partial charge in [-0.1, -0.05) is 30.3 Å². The van der Waals surface area contributed by atoms with Gasteiger partial charge in [-0.2, -0.15) is 0 Å². The number of pyridine rings is 1. The molecule has 0 aliphatic rings. The van der Waals surface area contributed by atoms with Crippen molar-refractivity contribution in [3.05, 3.63) is 84.7 Å². The number of anilines is 1. The van der Waals surface area contributed by atoms with Crippen LogP contribution in [0.4, 0.5) is 10.5 Å². The lowest BCUT2D eigenvalue weighted by Crippen LogP contribution is -2.28. The summed E-state index contributed by atoms with van der Waals surface area (Å²) in [6.07, 6.45) is 3.35. The van der Waals surface area contributed by atoms with Crippen molar-refractivity contribution < 1.29 is 14.7 Å². The van der Waals surface area contributed by atoms with Gasteiger partial charge in [-0.25, -0.2) is 9.59 Å². The molecule has 31 heavy (non-hydrogen) atoms. The smallest absolute Gasteiger partial charge is 0.326 e. The average molecular weight is 414 g/mol. The predicted octanol–water partition coefficient (Wildman–Crippen LogP) is 4.67. The lowest BCUT2D eigenvalue weighted by atomic mass is 10.1. The fraction of sp³-hybridized carbons (Fsp3) is 0.125. The summed E-state index contributed by atoms with van der Waals surface area (Å²) < 4.78 is 1.81. The van der Waals surface area contributed by atoms with Gasteiger partial charge in [0.2, 0.25) is 0 Å². The van der Waals surface area contributed by atoms with Crippen LogP contribution in [0, 0.1) is 0 Å². The highest BCUT2D eigenvalue weighted by Crippen LogP contribution is 2.33. The number of amides is 2. The molecule has 2 heterocycles. The van der Waals surface area contributed by atoms with Crippen molar-refractivity contribution in [2.24, 2.45) is 0 Å². The second kappa shape index (κ2) is 8.71. The van der Waals surface area contributed by atoms with Gasteiger partial charge in [0.15, 0.2) is 0 Å². The molecule has 0 saturated heterocycles. The molecule has 1 unspecified atom stereocenters. The molecule has 0 fully saturated rings. The van der Waals surface area contributed by atoms with Crippen LogP contribution in [0.15, 0.2) is 79.1 Å². The minimum atomic E-state index is -0.910. The van der Waals surface area contributed by atoms with E-state index in [-0.39, 0.29) is 6.03 Å². The number of rotatable bonds is 6. The van der Waals surface area contributed by atoms with Crippen molar-refractivity contribution in [3.8, 4) is 11.3 Å². The quantitative estimate of drug-likeness (QED) is 0.427. The zero-order valence-corrected chi connectivity index (χ0v) is 16.9.